The van der Waals surface area contributed by atoms with Crippen LogP contribution in [0.25, 0.3) is 4.96 Å². The monoisotopic (exact) mass is 351 g/mol. The Morgan fingerprint density at radius 2 is 2.30 bits per heavy atom. The molecule has 3 rings (SSSR count). The molecule has 20 heavy (non-hydrogen) atoms. The zero-order valence-corrected chi connectivity index (χ0v) is 13.6. The van der Waals surface area contributed by atoms with Gasteiger partial charge in [-0.15, -0.1) is 11.3 Å². The quantitative estimate of drug-likeness (QED) is 0.769. The number of fused-ring (bicyclic) bond motifs is 1. The molecule has 104 valence electrons. The van der Waals surface area contributed by atoms with Crippen molar-refractivity contribution in [1.29, 1.82) is 0 Å². The number of ether oxygens (including phenoxy) is 1. The van der Waals surface area contributed by atoms with Gasteiger partial charge in [0.2, 0.25) is 5.88 Å². The van der Waals surface area contributed by atoms with Crippen molar-refractivity contribution in [3.8, 4) is 5.88 Å². The summed E-state index contributed by atoms with van der Waals surface area (Å²) in [4.78, 5) is 5.40. The number of aromatic nitrogens is 2. The van der Waals surface area contributed by atoms with Crippen LogP contribution in [0.5, 0.6) is 5.88 Å². The topological polar surface area (TPSA) is 38.6 Å². The molecule has 2 aromatic heterocycles. The summed E-state index contributed by atoms with van der Waals surface area (Å²) in [6.45, 7) is 2.75. The normalized spacial score (nSPS) is 10.9. The maximum Gasteiger partial charge on any atom is 0.238 e. The van der Waals surface area contributed by atoms with Gasteiger partial charge in [0.15, 0.2) is 4.96 Å². The highest BCUT2D eigenvalue weighted by Gasteiger charge is 2.13. The van der Waals surface area contributed by atoms with Gasteiger partial charge in [0, 0.05) is 21.7 Å². The third-order valence-electron chi connectivity index (χ3n) is 3.16. The number of methoxy groups -OCH3 is 1. The SMILES string of the molecule is COc1nc2sccn2c1CNc1cc(Br)ccc1C. The number of nitrogens with one attached hydrogen (secondary N) is 1. The zero-order valence-electron chi connectivity index (χ0n) is 11.2. The maximum atomic E-state index is 5.36. The summed E-state index contributed by atoms with van der Waals surface area (Å²) in [5.74, 6) is 0.678. The molecule has 0 atom stereocenters. The Labute approximate surface area is 129 Å². The van der Waals surface area contributed by atoms with E-state index in [2.05, 4.69) is 49.7 Å². The summed E-state index contributed by atoms with van der Waals surface area (Å²) in [6, 6.07) is 6.20. The second kappa shape index (κ2) is 5.46. The van der Waals surface area contributed by atoms with Crippen molar-refractivity contribution in [2.75, 3.05) is 12.4 Å². The summed E-state index contributed by atoms with van der Waals surface area (Å²) >= 11 is 5.10. The number of hydrogen-bond donors (Lipinski definition) is 1. The number of anilines is 1. The number of halogens is 1. The van der Waals surface area contributed by atoms with Gasteiger partial charge in [-0.25, -0.2) is 0 Å². The fourth-order valence-electron chi connectivity index (χ4n) is 2.10. The molecule has 0 aliphatic rings. The Balaban J connectivity index is 1.89. The second-order valence-corrected chi connectivity index (χ2v) is 6.22. The van der Waals surface area contributed by atoms with Gasteiger partial charge in [-0.3, -0.25) is 4.40 Å². The molecule has 0 saturated heterocycles. The van der Waals surface area contributed by atoms with E-state index in [1.807, 2.05) is 17.6 Å². The molecule has 0 unspecified atom stereocenters. The molecular weight excluding hydrogens is 338 g/mol. The average Bonchev–Trinajstić information content (AvgIpc) is 3.00. The van der Waals surface area contributed by atoms with Crippen molar-refractivity contribution in [3.63, 3.8) is 0 Å². The summed E-state index contributed by atoms with van der Waals surface area (Å²) < 4.78 is 8.48. The number of benzene rings is 1. The molecule has 0 aliphatic carbocycles. The van der Waals surface area contributed by atoms with Crippen LogP contribution in [0.3, 0.4) is 0 Å². The predicted molar refractivity (Wildman–Crippen MR) is 85.8 cm³/mol. The second-order valence-electron chi connectivity index (χ2n) is 4.44. The predicted octanol–water partition coefficient (Wildman–Crippen LogP) is 4.09. The zero-order chi connectivity index (χ0) is 14.1. The molecular formula is C14H14BrN3OS. The van der Waals surface area contributed by atoms with E-state index >= 15 is 0 Å². The molecule has 2 heterocycles. The molecule has 1 aromatic carbocycles. The van der Waals surface area contributed by atoms with E-state index in [0.29, 0.717) is 12.4 Å². The highest BCUT2D eigenvalue weighted by atomic mass is 79.9. The van der Waals surface area contributed by atoms with Crippen LogP contribution < -0.4 is 10.1 Å². The third-order valence-corrected chi connectivity index (χ3v) is 4.41. The first-order chi connectivity index (χ1) is 9.69. The van der Waals surface area contributed by atoms with E-state index in [1.54, 1.807) is 18.4 Å². The molecule has 0 aliphatic heterocycles. The van der Waals surface area contributed by atoms with Crippen molar-refractivity contribution in [1.82, 2.24) is 9.38 Å². The van der Waals surface area contributed by atoms with Gasteiger partial charge in [-0.05, 0) is 24.6 Å². The van der Waals surface area contributed by atoms with Crippen molar-refractivity contribution < 1.29 is 4.74 Å². The van der Waals surface area contributed by atoms with Crippen molar-refractivity contribution in [2.24, 2.45) is 0 Å². The maximum absolute atomic E-state index is 5.36. The standard InChI is InChI=1S/C14H14BrN3OS/c1-9-3-4-10(15)7-11(9)16-8-12-13(19-2)17-14-18(12)5-6-20-14/h3-7,16H,8H2,1-2H3. The molecule has 0 radical (unpaired) electrons. The van der Waals surface area contributed by atoms with Crippen molar-refractivity contribution in [2.45, 2.75) is 13.5 Å². The van der Waals surface area contributed by atoms with Crippen LogP contribution in [0.2, 0.25) is 0 Å². The van der Waals surface area contributed by atoms with Crippen LogP contribution in [0.1, 0.15) is 11.3 Å². The lowest BCUT2D eigenvalue weighted by molar-refractivity contribution is 0.395. The first-order valence-corrected chi connectivity index (χ1v) is 7.84. The Morgan fingerprint density at radius 1 is 1.45 bits per heavy atom. The highest BCUT2D eigenvalue weighted by Crippen LogP contribution is 2.26. The number of imidazole rings is 1. The van der Waals surface area contributed by atoms with E-state index in [1.165, 1.54) is 5.56 Å². The number of hydrogen-bond acceptors (Lipinski definition) is 4. The van der Waals surface area contributed by atoms with Crippen LogP contribution in [-0.2, 0) is 6.54 Å². The Bertz CT molecular complexity index is 750. The highest BCUT2D eigenvalue weighted by molar-refractivity contribution is 9.10. The Hall–Kier alpha value is -1.53. The minimum atomic E-state index is 0.665. The minimum Gasteiger partial charge on any atom is -0.480 e. The van der Waals surface area contributed by atoms with Gasteiger partial charge in [0.05, 0.1) is 13.7 Å². The largest absolute Gasteiger partial charge is 0.480 e. The lowest BCUT2D eigenvalue weighted by atomic mass is 10.2. The van der Waals surface area contributed by atoms with Gasteiger partial charge >= 0.3 is 0 Å². The molecule has 0 spiro atoms. The van der Waals surface area contributed by atoms with Crippen molar-refractivity contribution >= 4 is 37.9 Å². The molecule has 0 fully saturated rings. The van der Waals surface area contributed by atoms with Crippen LogP contribution >= 0.6 is 27.3 Å². The van der Waals surface area contributed by atoms with Gasteiger partial charge in [0.25, 0.3) is 0 Å². The first kappa shape index (κ1) is 13.5. The van der Waals surface area contributed by atoms with Gasteiger partial charge in [-0.2, -0.15) is 4.98 Å². The minimum absolute atomic E-state index is 0.665. The molecule has 4 nitrogen and oxygen atoms in total. The van der Waals surface area contributed by atoms with Gasteiger partial charge in [-0.1, -0.05) is 22.0 Å². The Morgan fingerprint density at radius 3 is 3.10 bits per heavy atom. The molecule has 1 N–H and O–H groups in total. The smallest absolute Gasteiger partial charge is 0.238 e. The first-order valence-electron chi connectivity index (χ1n) is 6.17. The van der Waals surface area contributed by atoms with E-state index in [-0.39, 0.29) is 0 Å². The van der Waals surface area contributed by atoms with Crippen LogP contribution in [0.4, 0.5) is 5.69 Å². The number of rotatable bonds is 4. The molecule has 6 heteroatoms. The fraction of sp³-hybridized carbons (Fsp3) is 0.214. The van der Waals surface area contributed by atoms with E-state index in [0.717, 1.165) is 20.8 Å². The number of thiazole rings is 1. The summed E-state index contributed by atoms with van der Waals surface area (Å²) in [5.41, 5.74) is 3.34. The summed E-state index contributed by atoms with van der Waals surface area (Å²) in [6.07, 6.45) is 2.01. The lowest BCUT2D eigenvalue weighted by Crippen LogP contribution is -2.04. The van der Waals surface area contributed by atoms with Crippen LogP contribution in [-0.4, -0.2) is 16.5 Å². The molecule has 0 amide bonds. The van der Waals surface area contributed by atoms with Gasteiger partial charge in [0.1, 0.15) is 5.69 Å². The van der Waals surface area contributed by atoms with E-state index < -0.39 is 0 Å². The lowest BCUT2D eigenvalue weighted by Gasteiger charge is -2.10. The van der Waals surface area contributed by atoms with E-state index in [9.17, 15) is 0 Å². The fourth-order valence-corrected chi connectivity index (χ4v) is 3.19. The van der Waals surface area contributed by atoms with Crippen LogP contribution in [0, 0.1) is 6.92 Å². The number of aryl methyl sites for hydroxylation is 1. The molecule has 0 bridgehead atoms. The summed E-state index contributed by atoms with van der Waals surface area (Å²) in [7, 11) is 1.65. The average molecular weight is 352 g/mol. The van der Waals surface area contributed by atoms with E-state index in [4.69, 9.17) is 4.74 Å². The van der Waals surface area contributed by atoms with Crippen molar-refractivity contribution in [3.05, 3.63) is 45.5 Å². The van der Waals surface area contributed by atoms with Crippen LogP contribution in [0.15, 0.2) is 34.2 Å². The summed E-state index contributed by atoms with van der Waals surface area (Å²) in [5, 5.41) is 5.47. The van der Waals surface area contributed by atoms with Gasteiger partial charge < -0.3 is 10.1 Å². The number of nitrogens with zero attached hydrogens (tertiary/aromatic N) is 2. The third kappa shape index (κ3) is 2.41. The molecule has 3 aromatic rings. The molecule has 0 saturated carbocycles. The Kier molecular flexibility index (Phi) is 3.67.